The van der Waals surface area contributed by atoms with Crippen LogP contribution in [0.15, 0.2) is 87.6 Å². The topological polar surface area (TPSA) is 101 Å². The van der Waals surface area contributed by atoms with Crippen LogP contribution in [0.25, 0.3) is 10.6 Å². The summed E-state index contributed by atoms with van der Waals surface area (Å²) in [5.74, 6) is 0.0501. The average Bonchev–Trinajstić information content (AvgIpc) is 3.40. The van der Waals surface area contributed by atoms with E-state index in [-0.39, 0.29) is 10.6 Å². The maximum atomic E-state index is 12.5. The predicted molar refractivity (Wildman–Crippen MR) is 111 cm³/mol. The van der Waals surface area contributed by atoms with Gasteiger partial charge < -0.3 is 9.84 Å². The SMILES string of the molecule is O=C(Nc1cccc(NS(=O)(=O)c2ccccc2)c1)c1cc(-c2cccs2)on1. The molecule has 1 amide bonds. The van der Waals surface area contributed by atoms with Crippen molar-refractivity contribution < 1.29 is 17.7 Å². The zero-order valence-corrected chi connectivity index (χ0v) is 16.5. The Morgan fingerprint density at radius 2 is 1.72 bits per heavy atom. The van der Waals surface area contributed by atoms with Gasteiger partial charge in [-0.25, -0.2) is 8.42 Å². The van der Waals surface area contributed by atoms with E-state index in [0.717, 1.165) is 4.88 Å². The Kier molecular flexibility index (Phi) is 5.15. The molecule has 0 saturated heterocycles. The van der Waals surface area contributed by atoms with Gasteiger partial charge in [-0.15, -0.1) is 11.3 Å². The Balaban J connectivity index is 1.48. The van der Waals surface area contributed by atoms with Gasteiger partial charge in [0.1, 0.15) is 0 Å². The summed E-state index contributed by atoms with van der Waals surface area (Å²) >= 11 is 1.48. The number of carbonyl (C=O) groups excluding carboxylic acids is 1. The fraction of sp³-hybridized carbons (Fsp3) is 0. The second-order valence-corrected chi connectivity index (χ2v) is 8.64. The first-order valence-electron chi connectivity index (χ1n) is 8.51. The monoisotopic (exact) mass is 425 g/mol. The molecule has 0 atom stereocenters. The molecule has 29 heavy (non-hydrogen) atoms. The van der Waals surface area contributed by atoms with Crippen LogP contribution in [0.4, 0.5) is 11.4 Å². The number of sulfonamides is 1. The van der Waals surface area contributed by atoms with Crippen LogP contribution < -0.4 is 10.0 Å². The third-order valence-electron chi connectivity index (χ3n) is 3.93. The number of hydrogen-bond donors (Lipinski definition) is 2. The third-order valence-corrected chi connectivity index (χ3v) is 6.21. The molecule has 4 rings (SSSR count). The Morgan fingerprint density at radius 1 is 0.931 bits per heavy atom. The van der Waals surface area contributed by atoms with Crippen LogP contribution in [-0.4, -0.2) is 19.5 Å². The lowest BCUT2D eigenvalue weighted by atomic mass is 10.2. The largest absolute Gasteiger partial charge is 0.355 e. The van der Waals surface area contributed by atoms with E-state index in [1.807, 2.05) is 17.5 Å². The number of aromatic nitrogens is 1. The fourth-order valence-electron chi connectivity index (χ4n) is 2.59. The summed E-state index contributed by atoms with van der Waals surface area (Å²) in [6.45, 7) is 0. The smallest absolute Gasteiger partial charge is 0.277 e. The molecule has 7 nitrogen and oxygen atoms in total. The van der Waals surface area contributed by atoms with Crippen molar-refractivity contribution in [1.82, 2.24) is 5.16 Å². The molecule has 9 heteroatoms. The molecule has 0 radical (unpaired) electrons. The van der Waals surface area contributed by atoms with E-state index in [9.17, 15) is 13.2 Å². The molecule has 2 heterocycles. The van der Waals surface area contributed by atoms with Gasteiger partial charge in [-0.1, -0.05) is 35.5 Å². The van der Waals surface area contributed by atoms with Crippen molar-refractivity contribution in [3.05, 3.63) is 83.9 Å². The van der Waals surface area contributed by atoms with Crippen molar-refractivity contribution in [2.24, 2.45) is 0 Å². The molecule has 0 aliphatic heterocycles. The summed E-state index contributed by atoms with van der Waals surface area (Å²) in [5, 5.41) is 8.39. The maximum absolute atomic E-state index is 12.5. The number of amides is 1. The highest BCUT2D eigenvalue weighted by molar-refractivity contribution is 7.92. The minimum atomic E-state index is -3.72. The molecule has 0 aliphatic carbocycles. The Bertz CT molecular complexity index is 1230. The van der Waals surface area contributed by atoms with Crippen LogP contribution in [0.3, 0.4) is 0 Å². The van der Waals surface area contributed by atoms with Crippen molar-refractivity contribution in [3.63, 3.8) is 0 Å². The molecule has 2 aromatic carbocycles. The second-order valence-electron chi connectivity index (χ2n) is 6.01. The standard InChI is InChI=1S/C20H15N3O4S2/c24-20(17-13-18(27-22-17)19-10-5-11-28-19)21-14-6-4-7-15(12-14)23-29(25,26)16-8-2-1-3-9-16/h1-13,23H,(H,21,24). The number of nitrogens with one attached hydrogen (secondary N) is 2. The molecule has 0 bridgehead atoms. The lowest BCUT2D eigenvalue weighted by molar-refractivity contribution is 0.101. The first-order valence-corrected chi connectivity index (χ1v) is 10.9. The summed E-state index contributed by atoms with van der Waals surface area (Å²) in [6, 6.07) is 19.8. The van der Waals surface area contributed by atoms with Gasteiger partial charge in [0.05, 0.1) is 15.5 Å². The lowest BCUT2D eigenvalue weighted by Gasteiger charge is -2.10. The van der Waals surface area contributed by atoms with Gasteiger partial charge in [0.2, 0.25) is 0 Å². The Morgan fingerprint density at radius 3 is 2.48 bits per heavy atom. The highest BCUT2D eigenvalue weighted by Gasteiger charge is 2.16. The van der Waals surface area contributed by atoms with E-state index in [0.29, 0.717) is 17.1 Å². The summed E-state index contributed by atoms with van der Waals surface area (Å²) in [4.78, 5) is 13.5. The van der Waals surface area contributed by atoms with Crippen molar-refractivity contribution >= 4 is 38.6 Å². The number of nitrogens with zero attached hydrogens (tertiary/aromatic N) is 1. The molecular weight excluding hydrogens is 410 g/mol. The minimum Gasteiger partial charge on any atom is -0.355 e. The number of hydrogen-bond acceptors (Lipinski definition) is 6. The predicted octanol–water partition coefficient (Wildman–Crippen LogP) is 4.46. The van der Waals surface area contributed by atoms with E-state index in [1.165, 1.54) is 29.5 Å². The van der Waals surface area contributed by atoms with Crippen LogP contribution in [0, 0.1) is 0 Å². The van der Waals surface area contributed by atoms with Crippen LogP contribution >= 0.6 is 11.3 Å². The van der Waals surface area contributed by atoms with Crippen molar-refractivity contribution in [3.8, 4) is 10.6 Å². The molecule has 0 unspecified atom stereocenters. The maximum Gasteiger partial charge on any atom is 0.277 e. The minimum absolute atomic E-state index is 0.128. The van der Waals surface area contributed by atoms with Gasteiger partial charge in [-0.05, 0) is 41.8 Å². The van der Waals surface area contributed by atoms with Crippen LogP contribution in [0.2, 0.25) is 0 Å². The van der Waals surface area contributed by atoms with Gasteiger partial charge in [-0.3, -0.25) is 9.52 Å². The van der Waals surface area contributed by atoms with Crippen molar-refractivity contribution in [1.29, 1.82) is 0 Å². The highest BCUT2D eigenvalue weighted by Crippen LogP contribution is 2.26. The van der Waals surface area contributed by atoms with Crippen LogP contribution in [-0.2, 0) is 10.0 Å². The summed E-state index contributed by atoms with van der Waals surface area (Å²) in [7, 11) is -3.72. The Hall–Kier alpha value is -3.43. The zero-order valence-electron chi connectivity index (χ0n) is 14.9. The summed E-state index contributed by atoms with van der Waals surface area (Å²) in [6.07, 6.45) is 0. The Labute approximate surface area is 171 Å². The number of benzene rings is 2. The molecule has 0 fully saturated rings. The molecule has 0 spiro atoms. The zero-order chi connectivity index (χ0) is 20.3. The average molecular weight is 425 g/mol. The van der Waals surface area contributed by atoms with E-state index in [2.05, 4.69) is 15.2 Å². The molecule has 146 valence electrons. The van der Waals surface area contributed by atoms with Gasteiger partial charge in [-0.2, -0.15) is 0 Å². The van der Waals surface area contributed by atoms with E-state index >= 15 is 0 Å². The number of carbonyl (C=O) groups is 1. The van der Waals surface area contributed by atoms with Gasteiger partial charge >= 0.3 is 0 Å². The lowest BCUT2D eigenvalue weighted by Crippen LogP contribution is -2.14. The third kappa shape index (κ3) is 4.36. The summed E-state index contributed by atoms with van der Waals surface area (Å²) < 4.78 is 32.6. The van der Waals surface area contributed by atoms with Crippen LogP contribution in [0.5, 0.6) is 0 Å². The molecule has 4 aromatic rings. The molecule has 2 aromatic heterocycles. The van der Waals surface area contributed by atoms with E-state index in [4.69, 9.17) is 4.52 Å². The second kappa shape index (κ2) is 7.90. The first-order chi connectivity index (χ1) is 14.0. The van der Waals surface area contributed by atoms with Gasteiger partial charge in [0.25, 0.3) is 15.9 Å². The van der Waals surface area contributed by atoms with Gasteiger partial charge in [0.15, 0.2) is 11.5 Å². The quantitative estimate of drug-likeness (QED) is 0.475. The number of anilines is 2. The number of rotatable bonds is 6. The normalized spacial score (nSPS) is 11.2. The van der Waals surface area contributed by atoms with Crippen molar-refractivity contribution in [2.45, 2.75) is 4.90 Å². The first kappa shape index (κ1) is 18.9. The fourth-order valence-corrected chi connectivity index (χ4v) is 4.33. The number of thiophene rings is 1. The van der Waals surface area contributed by atoms with Crippen LogP contribution in [0.1, 0.15) is 10.5 Å². The van der Waals surface area contributed by atoms with Crippen molar-refractivity contribution in [2.75, 3.05) is 10.0 Å². The molecular formula is C20H15N3O4S2. The summed E-state index contributed by atoms with van der Waals surface area (Å²) in [5.41, 5.74) is 0.874. The van der Waals surface area contributed by atoms with E-state index in [1.54, 1.807) is 42.5 Å². The highest BCUT2D eigenvalue weighted by atomic mass is 32.2. The van der Waals surface area contributed by atoms with E-state index < -0.39 is 15.9 Å². The molecule has 0 saturated carbocycles. The van der Waals surface area contributed by atoms with Gasteiger partial charge in [0, 0.05) is 11.8 Å². The molecule has 0 aliphatic rings. The molecule has 2 N–H and O–H groups in total.